The van der Waals surface area contributed by atoms with Gasteiger partial charge in [-0.05, 0) is 42.3 Å². The average Bonchev–Trinajstić information content (AvgIpc) is 2.40. The molecule has 0 aliphatic carbocycles. The van der Waals surface area contributed by atoms with E-state index in [9.17, 15) is 10.1 Å². The molecule has 0 spiro atoms. The van der Waals surface area contributed by atoms with E-state index >= 15 is 0 Å². The number of nitro groups is 1. The summed E-state index contributed by atoms with van der Waals surface area (Å²) in [5.74, 6) is 0. The van der Waals surface area contributed by atoms with Crippen molar-refractivity contribution >= 4 is 33.5 Å². The molecular weight excluding hydrogens is 308 g/mol. The number of nitro benzene ring substituents is 1. The van der Waals surface area contributed by atoms with E-state index in [2.05, 4.69) is 20.9 Å². The van der Waals surface area contributed by atoms with E-state index in [0.717, 1.165) is 21.3 Å². The second-order valence-electron chi connectivity index (χ2n) is 4.04. The molecule has 2 rings (SSSR count). The van der Waals surface area contributed by atoms with Crippen molar-refractivity contribution < 1.29 is 4.92 Å². The van der Waals surface area contributed by atoms with Crippen LogP contribution in [0.4, 0.5) is 11.4 Å². The Kier molecular flexibility index (Phi) is 4.06. The van der Waals surface area contributed by atoms with Crippen LogP contribution in [0.3, 0.4) is 0 Å². The first-order chi connectivity index (χ1) is 9.06. The fraction of sp³-hybridized carbons (Fsp3) is 0.0714. The van der Waals surface area contributed by atoms with E-state index in [-0.39, 0.29) is 5.69 Å². The van der Waals surface area contributed by atoms with Gasteiger partial charge in [0, 0.05) is 22.8 Å². The lowest BCUT2D eigenvalue weighted by Crippen LogP contribution is -1.88. The zero-order valence-corrected chi connectivity index (χ0v) is 11.8. The largest absolute Gasteiger partial charge is 0.269 e. The summed E-state index contributed by atoms with van der Waals surface area (Å²) in [6.07, 6.45) is 1.68. The normalized spacial score (nSPS) is 10.8. The van der Waals surface area contributed by atoms with Crippen molar-refractivity contribution in [3.8, 4) is 0 Å². The van der Waals surface area contributed by atoms with E-state index < -0.39 is 4.92 Å². The minimum Gasteiger partial charge on any atom is -0.258 e. The molecule has 4 nitrogen and oxygen atoms in total. The summed E-state index contributed by atoms with van der Waals surface area (Å²) in [7, 11) is 0. The van der Waals surface area contributed by atoms with Gasteiger partial charge in [0.05, 0.1) is 10.6 Å². The number of aryl methyl sites for hydroxylation is 1. The second kappa shape index (κ2) is 5.75. The van der Waals surface area contributed by atoms with Crippen molar-refractivity contribution in [2.24, 2.45) is 4.99 Å². The Balaban J connectivity index is 2.17. The Labute approximate surface area is 119 Å². The molecule has 96 valence electrons. The Bertz CT molecular complexity index is 636. The Morgan fingerprint density at radius 2 is 1.89 bits per heavy atom. The third kappa shape index (κ3) is 3.48. The SMILES string of the molecule is Cc1ccc(N=Cc2ccc([N+](=O)[O-])cc2)cc1Br. The smallest absolute Gasteiger partial charge is 0.258 e. The Hall–Kier alpha value is -2.01. The number of hydrogen-bond donors (Lipinski definition) is 0. The average molecular weight is 319 g/mol. The van der Waals surface area contributed by atoms with Crippen LogP contribution < -0.4 is 0 Å². The number of hydrogen-bond acceptors (Lipinski definition) is 3. The zero-order chi connectivity index (χ0) is 13.8. The van der Waals surface area contributed by atoms with Gasteiger partial charge in [0.25, 0.3) is 5.69 Å². The molecule has 0 unspecified atom stereocenters. The van der Waals surface area contributed by atoms with Crippen molar-refractivity contribution in [3.63, 3.8) is 0 Å². The molecule has 0 bridgehead atoms. The maximum absolute atomic E-state index is 10.5. The van der Waals surface area contributed by atoms with Gasteiger partial charge in [0.15, 0.2) is 0 Å². The summed E-state index contributed by atoms with van der Waals surface area (Å²) < 4.78 is 1.01. The van der Waals surface area contributed by atoms with Crippen LogP contribution in [0.25, 0.3) is 0 Å². The minimum absolute atomic E-state index is 0.0789. The van der Waals surface area contributed by atoms with Crippen LogP contribution in [-0.2, 0) is 0 Å². The fourth-order valence-electron chi connectivity index (χ4n) is 1.49. The van der Waals surface area contributed by atoms with Crippen LogP contribution in [-0.4, -0.2) is 11.1 Å². The van der Waals surface area contributed by atoms with Crippen LogP contribution >= 0.6 is 15.9 Å². The predicted octanol–water partition coefficient (Wildman–Crippen LogP) is 4.42. The first-order valence-corrected chi connectivity index (χ1v) is 6.40. The lowest BCUT2D eigenvalue weighted by Gasteiger charge is -1.99. The van der Waals surface area contributed by atoms with Crippen molar-refractivity contribution in [3.05, 3.63) is 68.2 Å². The van der Waals surface area contributed by atoms with Gasteiger partial charge in [-0.15, -0.1) is 0 Å². The lowest BCUT2D eigenvalue weighted by molar-refractivity contribution is -0.384. The monoisotopic (exact) mass is 318 g/mol. The van der Waals surface area contributed by atoms with Crippen molar-refractivity contribution in [2.45, 2.75) is 6.92 Å². The molecule has 0 atom stereocenters. The number of non-ortho nitro benzene ring substituents is 1. The first kappa shape index (κ1) is 13.4. The molecule has 0 aliphatic heterocycles. The number of rotatable bonds is 3. The van der Waals surface area contributed by atoms with E-state index in [1.54, 1.807) is 18.3 Å². The van der Waals surface area contributed by atoms with Crippen LogP contribution in [0.15, 0.2) is 51.9 Å². The van der Waals surface area contributed by atoms with Crippen LogP contribution in [0.5, 0.6) is 0 Å². The summed E-state index contributed by atoms with van der Waals surface area (Å²) in [4.78, 5) is 14.4. The highest BCUT2D eigenvalue weighted by molar-refractivity contribution is 9.10. The molecule has 0 aromatic heterocycles. The number of nitrogens with zero attached hydrogens (tertiary/aromatic N) is 2. The summed E-state index contributed by atoms with van der Waals surface area (Å²) in [6.45, 7) is 2.01. The van der Waals surface area contributed by atoms with E-state index in [1.807, 2.05) is 25.1 Å². The van der Waals surface area contributed by atoms with Gasteiger partial charge in [0.1, 0.15) is 0 Å². The standard InChI is InChI=1S/C14H11BrN2O2/c1-10-2-5-12(8-14(10)15)16-9-11-3-6-13(7-4-11)17(18)19/h2-9H,1H3. The maximum atomic E-state index is 10.5. The lowest BCUT2D eigenvalue weighted by atomic mass is 10.2. The van der Waals surface area contributed by atoms with Gasteiger partial charge in [-0.1, -0.05) is 22.0 Å². The van der Waals surface area contributed by atoms with Crippen LogP contribution in [0.1, 0.15) is 11.1 Å². The molecule has 0 N–H and O–H groups in total. The van der Waals surface area contributed by atoms with Gasteiger partial charge in [-0.25, -0.2) is 0 Å². The molecule has 0 aliphatic rings. The summed E-state index contributed by atoms with van der Waals surface area (Å²) in [6, 6.07) is 12.1. The molecule has 19 heavy (non-hydrogen) atoms. The molecule has 0 amide bonds. The van der Waals surface area contributed by atoms with Crippen LogP contribution in [0.2, 0.25) is 0 Å². The summed E-state index contributed by atoms with van der Waals surface area (Å²) >= 11 is 3.45. The fourth-order valence-corrected chi connectivity index (χ4v) is 1.86. The van der Waals surface area contributed by atoms with Crippen molar-refractivity contribution in [1.82, 2.24) is 0 Å². The Morgan fingerprint density at radius 3 is 2.47 bits per heavy atom. The minimum atomic E-state index is -0.419. The molecule has 0 saturated carbocycles. The molecule has 0 radical (unpaired) electrons. The van der Waals surface area contributed by atoms with Gasteiger partial charge < -0.3 is 0 Å². The van der Waals surface area contributed by atoms with Crippen molar-refractivity contribution in [2.75, 3.05) is 0 Å². The summed E-state index contributed by atoms with van der Waals surface area (Å²) in [5, 5.41) is 10.5. The Morgan fingerprint density at radius 1 is 1.21 bits per heavy atom. The maximum Gasteiger partial charge on any atom is 0.269 e. The topological polar surface area (TPSA) is 55.5 Å². The number of halogens is 1. The molecular formula is C14H11BrN2O2. The third-order valence-electron chi connectivity index (χ3n) is 2.62. The van der Waals surface area contributed by atoms with Gasteiger partial charge in [-0.3, -0.25) is 15.1 Å². The van der Waals surface area contributed by atoms with Gasteiger partial charge in [0.2, 0.25) is 0 Å². The number of benzene rings is 2. The molecule has 0 saturated heterocycles. The highest BCUT2D eigenvalue weighted by Gasteiger charge is 2.02. The summed E-state index contributed by atoms with van der Waals surface area (Å²) in [5.41, 5.74) is 2.88. The highest BCUT2D eigenvalue weighted by Crippen LogP contribution is 2.22. The molecule has 5 heteroatoms. The van der Waals surface area contributed by atoms with Gasteiger partial charge >= 0.3 is 0 Å². The molecule has 2 aromatic carbocycles. The predicted molar refractivity (Wildman–Crippen MR) is 79.2 cm³/mol. The van der Waals surface area contributed by atoms with E-state index in [4.69, 9.17) is 0 Å². The van der Waals surface area contributed by atoms with Crippen LogP contribution in [0, 0.1) is 17.0 Å². The first-order valence-electron chi connectivity index (χ1n) is 5.61. The van der Waals surface area contributed by atoms with E-state index in [1.165, 1.54) is 12.1 Å². The highest BCUT2D eigenvalue weighted by atomic mass is 79.9. The second-order valence-corrected chi connectivity index (χ2v) is 4.89. The third-order valence-corrected chi connectivity index (χ3v) is 3.48. The number of aliphatic imine (C=N–C) groups is 1. The zero-order valence-electron chi connectivity index (χ0n) is 10.2. The van der Waals surface area contributed by atoms with Crippen molar-refractivity contribution in [1.29, 1.82) is 0 Å². The molecule has 2 aromatic rings. The molecule has 0 heterocycles. The quantitative estimate of drug-likeness (QED) is 0.478. The molecule has 0 fully saturated rings. The van der Waals surface area contributed by atoms with E-state index in [0.29, 0.717) is 0 Å². The van der Waals surface area contributed by atoms with Gasteiger partial charge in [-0.2, -0.15) is 0 Å².